The molecule has 0 aliphatic rings. The van der Waals surface area contributed by atoms with E-state index in [0.29, 0.717) is 0 Å². The van der Waals surface area contributed by atoms with Gasteiger partial charge < -0.3 is 4.90 Å². The predicted molar refractivity (Wildman–Crippen MR) is 70.3 cm³/mol. The van der Waals surface area contributed by atoms with Gasteiger partial charge in [0, 0.05) is 22.8 Å². The molecule has 0 unspecified atom stereocenters. The maximum atomic E-state index is 12.2. The maximum Gasteiger partial charge on any atom is 0.254 e. The lowest BCUT2D eigenvalue weighted by Crippen LogP contribution is -2.31. The van der Waals surface area contributed by atoms with E-state index >= 15 is 0 Å². The topological polar surface area (TPSA) is 20.3 Å². The van der Waals surface area contributed by atoms with Gasteiger partial charge in [-0.3, -0.25) is 4.79 Å². The largest absolute Gasteiger partial charge is 0.339 e. The van der Waals surface area contributed by atoms with Crippen molar-refractivity contribution in [1.82, 2.24) is 4.90 Å². The summed E-state index contributed by atoms with van der Waals surface area (Å²) in [5.41, 5.74) is 0.889. The van der Waals surface area contributed by atoms with Crippen LogP contribution in [0.2, 0.25) is 0 Å². The van der Waals surface area contributed by atoms with Crippen molar-refractivity contribution in [2.45, 2.75) is 40.5 Å². The van der Waals surface area contributed by atoms with Crippen LogP contribution in [0.5, 0.6) is 0 Å². The molecule has 0 saturated heterocycles. The smallest absolute Gasteiger partial charge is 0.254 e. The van der Waals surface area contributed by atoms with Gasteiger partial charge in [-0.2, -0.15) is 0 Å². The van der Waals surface area contributed by atoms with Gasteiger partial charge in [-0.05, 0) is 33.3 Å². The Morgan fingerprint density at radius 2 is 2.06 bits per heavy atom. The first-order chi connectivity index (χ1) is 7.60. The summed E-state index contributed by atoms with van der Waals surface area (Å²) in [4.78, 5) is 16.5. The summed E-state index contributed by atoms with van der Waals surface area (Å²) in [6, 6.07) is 2.01. The summed E-state index contributed by atoms with van der Waals surface area (Å²) < 4.78 is 0. The Morgan fingerprint density at radius 3 is 2.50 bits per heavy atom. The first-order valence-corrected chi connectivity index (χ1v) is 6.78. The number of hydrogen-bond acceptors (Lipinski definition) is 2. The fourth-order valence-corrected chi connectivity index (χ4v) is 2.68. The molecule has 0 spiro atoms. The van der Waals surface area contributed by atoms with E-state index in [0.717, 1.165) is 36.4 Å². The number of carbonyl (C=O) groups excluding carboxylic acids is 1. The SMILES string of the molecule is CCCCN(CC)C(=O)c1cc(C)sc1C. The van der Waals surface area contributed by atoms with Crippen molar-refractivity contribution in [3.05, 3.63) is 21.4 Å². The van der Waals surface area contributed by atoms with Crippen LogP contribution in [0.1, 0.15) is 46.8 Å². The van der Waals surface area contributed by atoms with E-state index < -0.39 is 0 Å². The number of thiophene rings is 1. The van der Waals surface area contributed by atoms with E-state index in [-0.39, 0.29) is 5.91 Å². The fourth-order valence-electron chi connectivity index (χ4n) is 1.77. The molecule has 0 radical (unpaired) electrons. The minimum atomic E-state index is 0.192. The van der Waals surface area contributed by atoms with Crippen molar-refractivity contribution in [3.8, 4) is 0 Å². The van der Waals surface area contributed by atoms with Gasteiger partial charge in [-0.25, -0.2) is 0 Å². The maximum absolute atomic E-state index is 12.2. The summed E-state index contributed by atoms with van der Waals surface area (Å²) >= 11 is 1.70. The van der Waals surface area contributed by atoms with Crippen LogP contribution in [0.4, 0.5) is 0 Å². The quantitative estimate of drug-likeness (QED) is 0.768. The summed E-state index contributed by atoms with van der Waals surface area (Å²) in [7, 11) is 0. The van der Waals surface area contributed by atoms with Crippen molar-refractivity contribution in [1.29, 1.82) is 0 Å². The van der Waals surface area contributed by atoms with Crippen molar-refractivity contribution in [3.63, 3.8) is 0 Å². The Morgan fingerprint density at radius 1 is 1.38 bits per heavy atom. The first kappa shape index (κ1) is 13.2. The third kappa shape index (κ3) is 3.08. The van der Waals surface area contributed by atoms with Gasteiger partial charge in [0.1, 0.15) is 0 Å². The molecule has 0 bridgehead atoms. The highest BCUT2D eigenvalue weighted by atomic mass is 32.1. The van der Waals surface area contributed by atoms with Gasteiger partial charge >= 0.3 is 0 Å². The standard InChI is InChI=1S/C13H21NOS/c1-5-7-8-14(6-2)13(15)12-9-10(3)16-11(12)4/h9H,5-8H2,1-4H3. The van der Waals surface area contributed by atoms with E-state index in [4.69, 9.17) is 0 Å². The zero-order valence-corrected chi connectivity index (χ0v) is 11.5. The lowest BCUT2D eigenvalue weighted by molar-refractivity contribution is 0.0762. The van der Waals surface area contributed by atoms with Gasteiger partial charge in [-0.15, -0.1) is 11.3 Å². The fraction of sp³-hybridized carbons (Fsp3) is 0.615. The second-order valence-corrected chi connectivity index (χ2v) is 5.53. The minimum Gasteiger partial charge on any atom is -0.339 e. The minimum absolute atomic E-state index is 0.192. The average Bonchev–Trinajstić information content (AvgIpc) is 2.58. The normalized spacial score (nSPS) is 10.5. The molecule has 0 atom stereocenters. The predicted octanol–water partition coefficient (Wildman–Crippen LogP) is 3.63. The number of rotatable bonds is 5. The molecule has 0 N–H and O–H groups in total. The van der Waals surface area contributed by atoms with Crippen LogP contribution in [0, 0.1) is 13.8 Å². The van der Waals surface area contributed by atoms with Crippen LogP contribution in [0.25, 0.3) is 0 Å². The van der Waals surface area contributed by atoms with Gasteiger partial charge in [0.25, 0.3) is 5.91 Å². The molecule has 0 saturated carbocycles. The summed E-state index contributed by atoms with van der Waals surface area (Å²) in [6.07, 6.45) is 2.22. The molecule has 1 aromatic rings. The van der Waals surface area contributed by atoms with Crippen molar-refractivity contribution in [2.24, 2.45) is 0 Å². The molecule has 2 nitrogen and oxygen atoms in total. The molecule has 0 aliphatic heterocycles. The molecule has 1 heterocycles. The van der Waals surface area contributed by atoms with Gasteiger partial charge in [0.05, 0.1) is 5.56 Å². The van der Waals surface area contributed by atoms with E-state index in [1.807, 2.05) is 24.8 Å². The molecule has 1 rings (SSSR count). The molecular formula is C13H21NOS. The van der Waals surface area contributed by atoms with Crippen molar-refractivity contribution < 1.29 is 4.79 Å². The van der Waals surface area contributed by atoms with Crippen LogP contribution < -0.4 is 0 Å². The van der Waals surface area contributed by atoms with Crippen LogP contribution in [0.15, 0.2) is 6.07 Å². The zero-order chi connectivity index (χ0) is 12.1. The molecule has 0 fully saturated rings. The van der Waals surface area contributed by atoms with E-state index in [2.05, 4.69) is 13.8 Å². The Kier molecular flexibility index (Phi) is 5.00. The summed E-state index contributed by atoms with van der Waals surface area (Å²) in [6.45, 7) is 9.95. The monoisotopic (exact) mass is 239 g/mol. The van der Waals surface area contributed by atoms with E-state index in [9.17, 15) is 4.79 Å². The second-order valence-electron chi connectivity index (χ2n) is 4.07. The van der Waals surface area contributed by atoms with Crippen molar-refractivity contribution >= 4 is 17.2 Å². The van der Waals surface area contributed by atoms with E-state index in [1.165, 1.54) is 4.88 Å². The highest BCUT2D eigenvalue weighted by molar-refractivity contribution is 7.12. The highest BCUT2D eigenvalue weighted by Gasteiger charge is 2.17. The molecule has 3 heteroatoms. The average molecular weight is 239 g/mol. The number of amides is 1. The van der Waals surface area contributed by atoms with E-state index in [1.54, 1.807) is 11.3 Å². The van der Waals surface area contributed by atoms with Crippen LogP contribution in [0.3, 0.4) is 0 Å². The van der Waals surface area contributed by atoms with Crippen LogP contribution >= 0.6 is 11.3 Å². The highest BCUT2D eigenvalue weighted by Crippen LogP contribution is 2.22. The van der Waals surface area contributed by atoms with Gasteiger partial charge in [-0.1, -0.05) is 13.3 Å². The van der Waals surface area contributed by atoms with Crippen molar-refractivity contribution in [2.75, 3.05) is 13.1 Å². The first-order valence-electron chi connectivity index (χ1n) is 5.96. The van der Waals surface area contributed by atoms with Crippen LogP contribution in [-0.2, 0) is 0 Å². The Hall–Kier alpha value is -0.830. The molecule has 1 amide bonds. The Balaban J connectivity index is 2.78. The molecule has 1 aromatic heterocycles. The Labute approximate surface area is 102 Å². The summed E-state index contributed by atoms with van der Waals surface area (Å²) in [5, 5.41) is 0. The lowest BCUT2D eigenvalue weighted by atomic mass is 10.2. The zero-order valence-electron chi connectivity index (χ0n) is 10.7. The Bertz CT molecular complexity index is 357. The summed E-state index contributed by atoms with van der Waals surface area (Å²) in [5.74, 6) is 0.192. The number of carbonyl (C=O) groups is 1. The van der Waals surface area contributed by atoms with Gasteiger partial charge in [0.15, 0.2) is 0 Å². The molecule has 16 heavy (non-hydrogen) atoms. The third-order valence-corrected chi connectivity index (χ3v) is 3.69. The second kappa shape index (κ2) is 6.04. The molecule has 0 aliphatic carbocycles. The number of nitrogens with zero attached hydrogens (tertiary/aromatic N) is 1. The number of aryl methyl sites for hydroxylation is 2. The van der Waals surface area contributed by atoms with Gasteiger partial charge in [0.2, 0.25) is 0 Å². The number of hydrogen-bond donors (Lipinski definition) is 0. The molecule has 90 valence electrons. The van der Waals surface area contributed by atoms with Crippen LogP contribution in [-0.4, -0.2) is 23.9 Å². The molecule has 0 aromatic carbocycles. The third-order valence-electron chi connectivity index (χ3n) is 2.72. The number of unbranched alkanes of at least 4 members (excludes halogenated alkanes) is 1. The lowest BCUT2D eigenvalue weighted by Gasteiger charge is -2.20. The molecular weight excluding hydrogens is 218 g/mol.